The van der Waals surface area contributed by atoms with Gasteiger partial charge in [-0.15, -0.1) is 0 Å². The third-order valence-corrected chi connectivity index (χ3v) is 5.72. The van der Waals surface area contributed by atoms with Crippen LogP contribution in [0.2, 0.25) is 0 Å². The third kappa shape index (κ3) is 1.65. The molecule has 1 aliphatic heterocycles. The lowest BCUT2D eigenvalue weighted by atomic mass is 9.65. The second kappa shape index (κ2) is 3.46. The molecule has 0 aromatic heterocycles. The van der Waals surface area contributed by atoms with Crippen molar-refractivity contribution in [3.05, 3.63) is 24.3 Å². The summed E-state index contributed by atoms with van der Waals surface area (Å²) in [5.41, 5.74) is 6.43. The van der Waals surface area contributed by atoms with Crippen molar-refractivity contribution in [3.63, 3.8) is 0 Å². The molecule has 0 atom stereocenters. The van der Waals surface area contributed by atoms with Gasteiger partial charge in [0.05, 0.1) is 4.90 Å². The van der Waals surface area contributed by atoms with Gasteiger partial charge in [0.25, 0.3) is 0 Å². The van der Waals surface area contributed by atoms with Gasteiger partial charge in [0.1, 0.15) is 0 Å². The van der Waals surface area contributed by atoms with Crippen molar-refractivity contribution in [1.82, 2.24) is 4.31 Å². The summed E-state index contributed by atoms with van der Waals surface area (Å²) in [6.45, 7) is 1.37. The van der Waals surface area contributed by atoms with Crippen LogP contribution in [-0.2, 0) is 10.0 Å². The lowest BCUT2D eigenvalue weighted by molar-refractivity contribution is -0.00793. The number of rotatable bonds is 2. The highest BCUT2D eigenvalue weighted by Gasteiger charge is 2.51. The molecule has 1 aromatic rings. The lowest BCUT2D eigenvalue weighted by Gasteiger charge is -2.54. The molecule has 1 aliphatic carbocycles. The van der Waals surface area contributed by atoms with Crippen LogP contribution in [0.3, 0.4) is 0 Å². The van der Waals surface area contributed by atoms with Crippen LogP contribution in [0.1, 0.15) is 19.3 Å². The Morgan fingerprint density at radius 1 is 1.24 bits per heavy atom. The van der Waals surface area contributed by atoms with Crippen LogP contribution in [0.5, 0.6) is 0 Å². The zero-order valence-electron chi connectivity index (χ0n) is 9.59. The fourth-order valence-corrected chi connectivity index (χ4v) is 4.41. The summed E-state index contributed by atoms with van der Waals surface area (Å²) in [4.78, 5) is 0.312. The normalized spacial score (nSPS) is 23.1. The minimum atomic E-state index is -3.32. The van der Waals surface area contributed by atoms with Gasteiger partial charge in [0.15, 0.2) is 0 Å². The lowest BCUT2D eigenvalue weighted by Crippen LogP contribution is -2.61. The average Bonchev–Trinajstić information content (AvgIpc) is 2.12. The first-order valence-corrected chi connectivity index (χ1v) is 7.32. The number of nitrogen functional groups attached to an aromatic ring is 1. The Morgan fingerprint density at radius 2 is 1.94 bits per heavy atom. The smallest absolute Gasteiger partial charge is 0.243 e. The molecule has 2 N–H and O–H groups in total. The molecule has 1 aromatic carbocycles. The van der Waals surface area contributed by atoms with Gasteiger partial charge in [0.2, 0.25) is 10.0 Å². The number of benzene rings is 1. The third-order valence-electron chi connectivity index (χ3n) is 3.93. The predicted molar refractivity (Wildman–Crippen MR) is 65.9 cm³/mol. The van der Waals surface area contributed by atoms with Gasteiger partial charge in [-0.2, -0.15) is 4.31 Å². The van der Waals surface area contributed by atoms with Crippen LogP contribution < -0.4 is 5.73 Å². The topological polar surface area (TPSA) is 63.4 Å². The highest BCUT2D eigenvalue weighted by atomic mass is 32.2. The molecule has 1 saturated carbocycles. The number of nitrogens with zero attached hydrogens (tertiary/aromatic N) is 1. The fraction of sp³-hybridized carbons (Fsp3) is 0.500. The molecule has 3 rings (SSSR count). The van der Waals surface area contributed by atoms with Crippen molar-refractivity contribution >= 4 is 15.7 Å². The predicted octanol–water partition coefficient (Wildman–Crippen LogP) is 1.44. The van der Waals surface area contributed by atoms with Gasteiger partial charge in [-0.25, -0.2) is 8.42 Å². The summed E-state index contributed by atoms with van der Waals surface area (Å²) < 4.78 is 26.1. The van der Waals surface area contributed by atoms with Crippen molar-refractivity contribution < 1.29 is 8.42 Å². The number of hydrogen-bond donors (Lipinski definition) is 1. The molecule has 1 heterocycles. The molecule has 0 bridgehead atoms. The second-order valence-electron chi connectivity index (χ2n) is 5.20. The maximum atomic E-state index is 12.3. The monoisotopic (exact) mass is 252 g/mol. The largest absolute Gasteiger partial charge is 0.399 e. The maximum absolute atomic E-state index is 12.3. The fourth-order valence-electron chi connectivity index (χ4n) is 2.69. The van der Waals surface area contributed by atoms with E-state index in [4.69, 9.17) is 5.73 Å². The minimum Gasteiger partial charge on any atom is -0.399 e. The van der Waals surface area contributed by atoms with Crippen LogP contribution in [0.15, 0.2) is 29.2 Å². The Balaban J connectivity index is 1.83. The SMILES string of the molecule is Nc1cccc(S(=O)(=O)N2CC3(CCC3)C2)c1. The van der Waals surface area contributed by atoms with Crippen LogP contribution in [-0.4, -0.2) is 25.8 Å². The van der Waals surface area contributed by atoms with E-state index in [9.17, 15) is 8.42 Å². The van der Waals surface area contributed by atoms with Gasteiger partial charge < -0.3 is 5.73 Å². The van der Waals surface area contributed by atoms with E-state index in [-0.39, 0.29) is 0 Å². The Bertz CT molecular complexity index is 541. The van der Waals surface area contributed by atoms with Crippen LogP contribution in [0, 0.1) is 5.41 Å². The van der Waals surface area contributed by atoms with E-state index in [0.29, 0.717) is 29.1 Å². The highest BCUT2D eigenvalue weighted by Crippen LogP contribution is 2.49. The molecule has 2 fully saturated rings. The molecule has 17 heavy (non-hydrogen) atoms. The first kappa shape index (κ1) is 11.0. The quantitative estimate of drug-likeness (QED) is 0.810. The summed E-state index contributed by atoms with van der Waals surface area (Å²) in [5, 5.41) is 0. The van der Waals surface area contributed by atoms with E-state index in [1.165, 1.54) is 25.3 Å². The molecule has 4 nitrogen and oxygen atoms in total. The summed E-state index contributed by atoms with van der Waals surface area (Å²) >= 11 is 0. The van der Waals surface area contributed by atoms with E-state index >= 15 is 0 Å². The first-order chi connectivity index (χ1) is 8.02. The van der Waals surface area contributed by atoms with E-state index < -0.39 is 10.0 Å². The van der Waals surface area contributed by atoms with Crippen LogP contribution >= 0.6 is 0 Å². The van der Waals surface area contributed by atoms with Gasteiger partial charge in [-0.3, -0.25) is 0 Å². The van der Waals surface area contributed by atoms with Crippen molar-refractivity contribution in [2.75, 3.05) is 18.8 Å². The molecule has 0 amide bonds. The number of hydrogen-bond acceptors (Lipinski definition) is 3. The molecule has 92 valence electrons. The molecule has 1 spiro atoms. The summed E-state index contributed by atoms with van der Waals surface area (Å²) in [5.74, 6) is 0. The molecule has 0 radical (unpaired) electrons. The molecule has 0 unspecified atom stereocenters. The summed E-state index contributed by atoms with van der Waals surface area (Å²) in [7, 11) is -3.32. The summed E-state index contributed by atoms with van der Waals surface area (Å²) in [6, 6.07) is 6.52. The minimum absolute atomic E-state index is 0.312. The first-order valence-electron chi connectivity index (χ1n) is 5.88. The number of sulfonamides is 1. The Kier molecular flexibility index (Phi) is 2.25. The standard InChI is InChI=1S/C12H16N2O2S/c13-10-3-1-4-11(7-10)17(15,16)14-8-12(9-14)5-2-6-12/h1,3-4,7H,2,5-6,8-9,13H2. The summed E-state index contributed by atoms with van der Waals surface area (Å²) in [6.07, 6.45) is 3.60. The number of anilines is 1. The zero-order valence-corrected chi connectivity index (χ0v) is 10.4. The van der Waals surface area contributed by atoms with Gasteiger partial charge in [-0.1, -0.05) is 12.5 Å². The average molecular weight is 252 g/mol. The Labute approximate surface area is 101 Å². The highest BCUT2D eigenvalue weighted by molar-refractivity contribution is 7.89. The van der Waals surface area contributed by atoms with Crippen LogP contribution in [0.25, 0.3) is 0 Å². The van der Waals surface area contributed by atoms with E-state index in [1.807, 2.05) is 0 Å². The number of nitrogens with two attached hydrogens (primary N) is 1. The van der Waals surface area contributed by atoms with E-state index in [0.717, 1.165) is 0 Å². The second-order valence-corrected chi connectivity index (χ2v) is 7.14. The molecule has 1 saturated heterocycles. The molecular formula is C12H16N2O2S. The van der Waals surface area contributed by atoms with Crippen molar-refractivity contribution in [3.8, 4) is 0 Å². The van der Waals surface area contributed by atoms with Crippen molar-refractivity contribution in [1.29, 1.82) is 0 Å². The molecule has 5 heteroatoms. The van der Waals surface area contributed by atoms with Crippen LogP contribution in [0.4, 0.5) is 5.69 Å². The zero-order chi connectivity index (χ0) is 12.1. The Hall–Kier alpha value is -1.07. The molecular weight excluding hydrogens is 236 g/mol. The maximum Gasteiger partial charge on any atom is 0.243 e. The van der Waals surface area contributed by atoms with Crippen molar-refractivity contribution in [2.45, 2.75) is 24.2 Å². The molecule has 2 aliphatic rings. The van der Waals surface area contributed by atoms with E-state index in [1.54, 1.807) is 22.5 Å². The Morgan fingerprint density at radius 3 is 2.47 bits per heavy atom. The van der Waals surface area contributed by atoms with Gasteiger partial charge >= 0.3 is 0 Å². The van der Waals surface area contributed by atoms with Gasteiger partial charge in [-0.05, 0) is 36.5 Å². The van der Waals surface area contributed by atoms with Crippen molar-refractivity contribution in [2.24, 2.45) is 5.41 Å². The van der Waals surface area contributed by atoms with E-state index in [2.05, 4.69) is 0 Å². The van der Waals surface area contributed by atoms with Gasteiger partial charge in [0, 0.05) is 18.8 Å².